The van der Waals surface area contributed by atoms with Crippen LogP contribution in [0.1, 0.15) is 19.8 Å². The molecule has 0 aromatic heterocycles. The van der Waals surface area contributed by atoms with Crippen LogP contribution in [-0.4, -0.2) is 42.7 Å². The van der Waals surface area contributed by atoms with Gasteiger partial charge in [-0.3, -0.25) is 5.01 Å². The number of benzene rings is 2. The molecule has 2 atom stereocenters. The first-order valence-electron chi connectivity index (χ1n) is 10.9. The fraction of sp³-hybridized carbons (Fsp3) is 0.346. The van der Waals surface area contributed by atoms with Crippen LogP contribution < -0.4 is 10.6 Å². The lowest BCUT2D eigenvalue weighted by atomic mass is 10.0. The van der Waals surface area contributed by atoms with E-state index >= 15 is 0 Å². The maximum absolute atomic E-state index is 5.47. The maximum Gasteiger partial charge on any atom is 0.0704 e. The zero-order chi connectivity index (χ0) is 20.8. The highest BCUT2D eigenvalue weighted by atomic mass is 31.1. The molecule has 156 valence electrons. The van der Waals surface area contributed by atoms with Crippen molar-refractivity contribution in [1.29, 1.82) is 0 Å². The fourth-order valence-corrected chi connectivity index (χ4v) is 7.09. The van der Waals surface area contributed by atoms with Crippen LogP contribution in [-0.2, 0) is 4.74 Å². The third kappa shape index (κ3) is 4.74. The van der Waals surface area contributed by atoms with Crippen molar-refractivity contribution in [1.82, 2.24) is 5.01 Å². The van der Waals surface area contributed by atoms with Gasteiger partial charge >= 0.3 is 0 Å². The normalized spacial score (nSPS) is 20.4. The quantitative estimate of drug-likeness (QED) is 0.458. The zero-order valence-electron chi connectivity index (χ0n) is 17.9. The average molecular weight is 419 g/mol. The summed E-state index contributed by atoms with van der Waals surface area (Å²) in [6, 6.07) is 22.3. The van der Waals surface area contributed by atoms with E-state index in [1.165, 1.54) is 22.7 Å². The van der Waals surface area contributed by atoms with Gasteiger partial charge in [-0.2, -0.15) is 5.10 Å². The summed E-state index contributed by atoms with van der Waals surface area (Å²) in [5.74, 6) is 0.265. The Hall–Kier alpha value is -2.22. The Kier molecular flexibility index (Phi) is 7.15. The highest BCUT2D eigenvalue weighted by molar-refractivity contribution is 7.74. The van der Waals surface area contributed by atoms with E-state index in [-0.39, 0.29) is 5.92 Å². The Morgan fingerprint density at radius 1 is 1.03 bits per heavy atom. The Labute approximate surface area is 181 Å². The zero-order valence-corrected chi connectivity index (χ0v) is 18.8. The van der Waals surface area contributed by atoms with Crippen molar-refractivity contribution < 1.29 is 4.74 Å². The van der Waals surface area contributed by atoms with Crippen molar-refractivity contribution >= 4 is 24.2 Å². The number of rotatable bonds is 8. The van der Waals surface area contributed by atoms with Crippen molar-refractivity contribution in [3.63, 3.8) is 0 Å². The average Bonchev–Trinajstić information content (AvgIpc) is 3.46. The molecule has 1 heterocycles. The first-order valence-corrected chi connectivity index (χ1v) is 12.3. The van der Waals surface area contributed by atoms with Crippen LogP contribution in [0.25, 0.3) is 0 Å². The standard InChI is InChI=1S/C26H31N2OP/c1-21(30(24-15-5-3-6-16-24)25-17-7-4-8-18-25)26(22-12-9-10-13-22)27-28-19-11-14-23(28)20-29-2/h3-10,12-13,15-18,21-23H,11,14,19-20H2,1-2H3/b27-26-/t21-,23+/m1/s1. The molecule has 2 aliphatic rings. The first kappa shape index (κ1) is 21.0. The van der Waals surface area contributed by atoms with Gasteiger partial charge in [0.1, 0.15) is 0 Å². The molecule has 1 aliphatic heterocycles. The summed E-state index contributed by atoms with van der Waals surface area (Å²) in [6.07, 6.45) is 11.2. The Morgan fingerprint density at radius 2 is 1.63 bits per heavy atom. The number of hydrogen-bond donors (Lipinski definition) is 0. The van der Waals surface area contributed by atoms with Gasteiger partial charge in [-0.25, -0.2) is 0 Å². The molecule has 1 fully saturated rings. The van der Waals surface area contributed by atoms with Crippen LogP contribution in [0, 0.1) is 5.92 Å². The number of hydrazone groups is 1. The number of hydrogen-bond acceptors (Lipinski definition) is 3. The topological polar surface area (TPSA) is 24.8 Å². The second-order valence-electron chi connectivity index (χ2n) is 7.95. The van der Waals surface area contributed by atoms with E-state index in [2.05, 4.69) is 96.9 Å². The molecule has 4 rings (SSSR count). The lowest BCUT2D eigenvalue weighted by Gasteiger charge is -2.31. The molecule has 1 aliphatic carbocycles. The van der Waals surface area contributed by atoms with Crippen LogP contribution in [0.4, 0.5) is 0 Å². The Bertz CT molecular complexity index is 842. The second-order valence-corrected chi connectivity index (χ2v) is 10.5. The van der Waals surface area contributed by atoms with E-state index in [0.717, 1.165) is 19.6 Å². The van der Waals surface area contributed by atoms with Crippen LogP contribution in [0.5, 0.6) is 0 Å². The molecule has 4 heteroatoms. The van der Waals surface area contributed by atoms with E-state index in [4.69, 9.17) is 9.84 Å². The lowest BCUT2D eigenvalue weighted by Crippen LogP contribution is -2.35. The van der Waals surface area contributed by atoms with Crippen LogP contribution in [0.3, 0.4) is 0 Å². The molecule has 0 amide bonds. The van der Waals surface area contributed by atoms with Gasteiger partial charge in [0.05, 0.1) is 18.4 Å². The molecule has 0 spiro atoms. The lowest BCUT2D eigenvalue weighted by molar-refractivity contribution is 0.117. The first-order chi connectivity index (χ1) is 14.8. The van der Waals surface area contributed by atoms with Crippen molar-refractivity contribution in [2.75, 3.05) is 20.3 Å². The summed E-state index contributed by atoms with van der Waals surface area (Å²) < 4.78 is 5.47. The summed E-state index contributed by atoms with van der Waals surface area (Å²) in [7, 11) is 1.22. The predicted octanol–water partition coefficient (Wildman–Crippen LogP) is 4.72. The third-order valence-electron chi connectivity index (χ3n) is 5.92. The van der Waals surface area contributed by atoms with Crippen LogP contribution in [0.2, 0.25) is 0 Å². The molecule has 0 radical (unpaired) electrons. The largest absolute Gasteiger partial charge is 0.382 e. The molecule has 0 saturated carbocycles. The number of allylic oxidation sites excluding steroid dienone is 4. The van der Waals surface area contributed by atoms with E-state index in [1.54, 1.807) is 7.11 Å². The number of nitrogens with zero attached hydrogens (tertiary/aromatic N) is 2. The van der Waals surface area contributed by atoms with Gasteiger partial charge in [0, 0.05) is 25.2 Å². The van der Waals surface area contributed by atoms with E-state index in [9.17, 15) is 0 Å². The SMILES string of the molecule is COC[C@@H]1CCCN1/N=C(\C1C=CC=C1)[C@@H](C)P(c1ccccc1)c1ccccc1. The van der Waals surface area contributed by atoms with Crippen molar-refractivity contribution in [3.05, 3.63) is 85.0 Å². The smallest absolute Gasteiger partial charge is 0.0704 e. The molecule has 0 unspecified atom stereocenters. The van der Waals surface area contributed by atoms with Gasteiger partial charge < -0.3 is 4.74 Å². The summed E-state index contributed by atoms with van der Waals surface area (Å²) in [4.78, 5) is 0. The fourth-order valence-electron chi connectivity index (χ4n) is 4.43. The van der Waals surface area contributed by atoms with Gasteiger partial charge in [0.25, 0.3) is 0 Å². The van der Waals surface area contributed by atoms with Gasteiger partial charge in [0.2, 0.25) is 0 Å². The number of ether oxygens (including phenoxy) is 1. The molecule has 30 heavy (non-hydrogen) atoms. The predicted molar refractivity (Wildman–Crippen MR) is 129 cm³/mol. The maximum atomic E-state index is 5.47. The molecule has 1 saturated heterocycles. The number of methoxy groups -OCH3 is 1. The van der Waals surface area contributed by atoms with Gasteiger partial charge in [-0.1, -0.05) is 91.9 Å². The molecule has 2 aromatic rings. The molecule has 3 nitrogen and oxygen atoms in total. The summed E-state index contributed by atoms with van der Waals surface area (Å²) >= 11 is 0. The van der Waals surface area contributed by atoms with E-state index < -0.39 is 7.92 Å². The summed E-state index contributed by atoms with van der Waals surface area (Å²) in [5.41, 5.74) is 1.59. The van der Waals surface area contributed by atoms with Gasteiger partial charge in [-0.15, -0.1) is 0 Å². The van der Waals surface area contributed by atoms with E-state index in [1.807, 2.05) is 0 Å². The Morgan fingerprint density at radius 3 is 2.20 bits per heavy atom. The minimum absolute atomic E-state index is 0.265. The highest BCUT2D eigenvalue weighted by Gasteiger charge is 2.31. The van der Waals surface area contributed by atoms with Crippen molar-refractivity contribution in [2.45, 2.75) is 31.5 Å². The van der Waals surface area contributed by atoms with Crippen molar-refractivity contribution in [3.8, 4) is 0 Å². The molecular weight excluding hydrogens is 387 g/mol. The minimum atomic E-state index is -0.566. The molecule has 2 aromatic carbocycles. The highest BCUT2D eigenvalue weighted by Crippen LogP contribution is 2.42. The Balaban J connectivity index is 1.73. The van der Waals surface area contributed by atoms with Crippen LogP contribution in [0.15, 0.2) is 90.1 Å². The summed E-state index contributed by atoms with van der Waals surface area (Å²) in [5, 5.41) is 10.4. The van der Waals surface area contributed by atoms with Gasteiger partial charge in [-0.05, 0) is 31.4 Å². The molecular formula is C26H31N2OP. The molecule has 0 bridgehead atoms. The van der Waals surface area contributed by atoms with Crippen LogP contribution >= 0.6 is 7.92 Å². The van der Waals surface area contributed by atoms with E-state index in [0.29, 0.717) is 11.7 Å². The minimum Gasteiger partial charge on any atom is -0.382 e. The van der Waals surface area contributed by atoms with Gasteiger partial charge in [0.15, 0.2) is 0 Å². The second kappa shape index (κ2) is 10.2. The summed E-state index contributed by atoms with van der Waals surface area (Å²) in [6.45, 7) is 4.12. The monoisotopic (exact) mass is 418 g/mol. The molecule has 0 N–H and O–H groups in total. The third-order valence-corrected chi connectivity index (χ3v) is 8.67. The van der Waals surface area contributed by atoms with Crippen molar-refractivity contribution in [2.24, 2.45) is 11.0 Å².